The Labute approximate surface area is 275 Å². The molecule has 266 valence electrons. The summed E-state index contributed by atoms with van der Waals surface area (Å²) in [6.45, 7) is 13.3. The number of ether oxygens (including phenoxy) is 1. The van der Waals surface area contributed by atoms with Crippen molar-refractivity contribution in [2.24, 2.45) is 17.8 Å². The topological polar surface area (TPSA) is 197 Å². The van der Waals surface area contributed by atoms with Crippen LogP contribution in [0.15, 0.2) is 12.3 Å². The molecule has 1 fully saturated rings. The van der Waals surface area contributed by atoms with Gasteiger partial charge in [-0.3, -0.25) is 18.9 Å². The first kappa shape index (κ1) is 41.5. The monoisotopic (exact) mass is 675 g/mol. The lowest BCUT2D eigenvalue weighted by Gasteiger charge is -2.33. The van der Waals surface area contributed by atoms with E-state index in [0.717, 1.165) is 32.6 Å². The molecule has 5 N–H and O–H groups in total. The zero-order valence-electron chi connectivity index (χ0n) is 28.4. The SMILES string of the molecule is C=C1NC(=O)[C@H]([C@@H](C)OS(=O)(=O)O)NC(=O)[C@H](C(C)C)NC(=O)C(C)C(C(C)C(O)CCCCCCCCCCCCC)OC1=O. The third-order valence-corrected chi connectivity index (χ3v) is 9.02. The Morgan fingerprint density at radius 2 is 1.33 bits per heavy atom. The molecule has 0 aliphatic carbocycles. The van der Waals surface area contributed by atoms with E-state index in [4.69, 9.17) is 9.29 Å². The van der Waals surface area contributed by atoms with Crippen molar-refractivity contribution in [1.29, 1.82) is 0 Å². The van der Waals surface area contributed by atoms with E-state index < -0.39 is 87.9 Å². The Morgan fingerprint density at radius 3 is 1.83 bits per heavy atom. The second kappa shape index (κ2) is 20.6. The molecule has 7 atom stereocenters. The zero-order chi connectivity index (χ0) is 35.0. The van der Waals surface area contributed by atoms with Crippen molar-refractivity contribution in [1.82, 2.24) is 16.0 Å². The molecule has 1 rings (SSSR count). The van der Waals surface area contributed by atoms with E-state index in [-0.39, 0.29) is 0 Å². The largest absolute Gasteiger partial charge is 0.457 e. The smallest absolute Gasteiger partial charge is 0.397 e. The summed E-state index contributed by atoms with van der Waals surface area (Å²) in [5, 5.41) is 18.2. The number of amides is 3. The van der Waals surface area contributed by atoms with Gasteiger partial charge in [0, 0.05) is 5.92 Å². The van der Waals surface area contributed by atoms with Crippen molar-refractivity contribution < 1.29 is 46.2 Å². The van der Waals surface area contributed by atoms with Gasteiger partial charge in [-0.15, -0.1) is 0 Å². The summed E-state index contributed by atoms with van der Waals surface area (Å²) in [4.78, 5) is 52.8. The zero-order valence-corrected chi connectivity index (χ0v) is 29.2. The minimum absolute atomic E-state index is 0.433. The van der Waals surface area contributed by atoms with Crippen LogP contribution in [-0.2, 0) is 38.5 Å². The first-order valence-corrected chi connectivity index (χ1v) is 18.0. The Bertz CT molecular complexity index is 1110. The Hall–Kier alpha value is -2.55. The Morgan fingerprint density at radius 1 is 0.826 bits per heavy atom. The van der Waals surface area contributed by atoms with E-state index in [9.17, 15) is 32.7 Å². The molecule has 0 aromatic rings. The van der Waals surface area contributed by atoms with Crippen molar-refractivity contribution in [3.05, 3.63) is 12.3 Å². The lowest BCUT2D eigenvalue weighted by Crippen LogP contribution is -2.59. The van der Waals surface area contributed by atoms with Crippen molar-refractivity contribution in [3.8, 4) is 0 Å². The minimum atomic E-state index is -5.02. The average molecular weight is 676 g/mol. The molecule has 1 aliphatic heterocycles. The summed E-state index contributed by atoms with van der Waals surface area (Å²) in [6, 6.07) is -2.90. The first-order valence-electron chi connectivity index (χ1n) is 16.6. The van der Waals surface area contributed by atoms with Gasteiger partial charge in [0.15, 0.2) is 0 Å². The fourth-order valence-electron chi connectivity index (χ4n) is 5.49. The normalized spacial score (nSPS) is 24.1. The number of unbranched alkanes of at least 4 members (excludes halogenated alkanes) is 10. The molecule has 0 bridgehead atoms. The van der Waals surface area contributed by atoms with Gasteiger partial charge >= 0.3 is 16.4 Å². The highest BCUT2D eigenvalue weighted by molar-refractivity contribution is 7.80. The van der Waals surface area contributed by atoms with E-state index in [0.29, 0.717) is 6.42 Å². The third kappa shape index (κ3) is 14.9. The molecule has 1 heterocycles. The predicted molar refractivity (Wildman–Crippen MR) is 173 cm³/mol. The van der Waals surface area contributed by atoms with Crippen molar-refractivity contribution in [2.75, 3.05) is 0 Å². The van der Waals surface area contributed by atoms with Crippen LogP contribution in [0.1, 0.15) is 119 Å². The van der Waals surface area contributed by atoms with Gasteiger partial charge in [-0.1, -0.05) is 112 Å². The molecule has 0 spiro atoms. The maximum absolute atomic E-state index is 13.4. The van der Waals surface area contributed by atoms with Crippen LogP contribution in [0.3, 0.4) is 0 Å². The quantitative estimate of drug-likeness (QED) is 0.0618. The molecule has 0 aromatic heterocycles. The van der Waals surface area contributed by atoms with Gasteiger partial charge in [0.05, 0.1) is 12.0 Å². The standard InChI is InChI=1S/C32H57N3O10S/c1-8-9-10-11-12-13-14-15-16-17-18-19-25(36)21(4)28-22(5)29(37)34-26(20(2)3)30(38)35-27(24(7)45-46(41,42)43)31(39)33-23(6)32(40)44-28/h20-22,24-28,36H,6,8-19H2,1-5,7H3,(H,33,39)(H,34,37)(H,35,38)(H,41,42,43)/t21?,22?,24-,25?,26+,27+,28?/m1/s1. The van der Waals surface area contributed by atoms with Crippen LogP contribution in [0.25, 0.3) is 0 Å². The molecule has 13 nitrogen and oxygen atoms in total. The molecule has 46 heavy (non-hydrogen) atoms. The van der Waals surface area contributed by atoms with Gasteiger partial charge in [0.2, 0.25) is 17.7 Å². The van der Waals surface area contributed by atoms with Crippen LogP contribution >= 0.6 is 0 Å². The number of aliphatic hydroxyl groups excluding tert-OH is 1. The number of aliphatic hydroxyl groups is 1. The minimum Gasteiger partial charge on any atom is -0.457 e. The second-order valence-electron chi connectivity index (χ2n) is 12.8. The van der Waals surface area contributed by atoms with Crippen molar-refractivity contribution in [2.45, 2.75) is 149 Å². The lowest BCUT2D eigenvalue weighted by molar-refractivity contribution is -0.157. The van der Waals surface area contributed by atoms with E-state index in [2.05, 4.69) is 33.6 Å². The first-order chi connectivity index (χ1) is 21.5. The van der Waals surface area contributed by atoms with Gasteiger partial charge < -0.3 is 25.8 Å². The highest BCUT2D eigenvalue weighted by Gasteiger charge is 2.40. The van der Waals surface area contributed by atoms with Gasteiger partial charge in [-0.05, 0) is 19.3 Å². The van der Waals surface area contributed by atoms with E-state index in [1.807, 2.05) is 0 Å². The average Bonchev–Trinajstić information content (AvgIpc) is 2.97. The number of carbonyl (C=O) groups excluding carboxylic acids is 4. The molecular formula is C32H57N3O10S. The summed E-state index contributed by atoms with van der Waals surface area (Å²) in [5.74, 6) is -5.81. The number of cyclic esters (lactones) is 1. The second-order valence-corrected chi connectivity index (χ2v) is 13.9. The molecule has 3 amide bonds. The highest BCUT2D eigenvalue weighted by atomic mass is 32.3. The van der Waals surface area contributed by atoms with Crippen LogP contribution in [-0.4, -0.2) is 72.2 Å². The van der Waals surface area contributed by atoms with Crippen LogP contribution in [0.5, 0.6) is 0 Å². The summed E-state index contributed by atoms with van der Waals surface area (Å²) >= 11 is 0. The Kier molecular flexibility index (Phi) is 18.6. The van der Waals surface area contributed by atoms with Crippen LogP contribution in [0.2, 0.25) is 0 Å². The van der Waals surface area contributed by atoms with E-state index >= 15 is 0 Å². The van der Waals surface area contributed by atoms with Crippen molar-refractivity contribution in [3.63, 3.8) is 0 Å². The van der Waals surface area contributed by atoms with E-state index in [1.54, 1.807) is 20.8 Å². The molecular weight excluding hydrogens is 618 g/mol. The van der Waals surface area contributed by atoms with Crippen LogP contribution < -0.4 is 16.0 Å². The summed E-state index contributed by atoms with van der Waals surface area (Å²) < 4.78 is 41.9. The summed E-state index contributed by atoms with van der Waals surface area (Å²) in [6.07, 6.45) is 9.48. The highest BCUT2D eigenvalue weighted by Crippen LogP contribution is 2.25. The van der Waals surface area contributed by atoms with E-state index in [1.165, 1.54) is 51.9 Å². The van der Waals surface area contributed by atoms with Gasteiger partial charge in [-0.25, -0.2) is 8.98 Å². The van der Waals surface area contributed by atoms with Gasteiger partial charge in [0.1, 0.15) is 30.0 Å². The number of esters is 1. The molecule has 1 aliphatic rings. The third-order valence-electron chi connectivity index (χ3n) is 8.47. The number of nitrogens with one attached hydrogen (secondary N) is 3. The lowest BCUT2D eigenvalue weighted by atomic mass is 9.86. The summed E-state index contributed by atoms with van der Waals surface area (Å²) in [5.41, 5.74) is -0.548. The van der Waals surface area contributed by atoms with Crippen LogP contribution in [0.4, 0.5) is 0 Å². The number of rotatable bonds is 18. The van der Waals surface area contributed by atoms with Gasteiger partial charge in [0.25, 0.3) is 0 Å². The van der Waals surface area contributed by atoms with Gasteiger partial charge in [-0.2, -0.15) is 8.42 Å². The molecule has 0 aromatic carbocycles. The van der Waals surface area contributed by atoms with Crippen LogP contribution in [0, 0.1) is 17.8 Å². The molecule has 0 radical (unpaired) electrons. The maximum Gasteiger partial charge on any atom is 0.397 e. The molecule has 14 heteroatoms. The Balaban J connectivity index is 3.02. The van der Waals surface area contributed by atoms with Crippen molar-refractivity contribution >= 4 is 34.1 Å². The number of carbonyl (C=O) groups is 4. The predicted octanol–water partition coefficient (Wildman–Crippen LogP) is 3.71. The maximum atomic E-state index is 13.4. The fraction of sp³-hybridized carbons (Fsp3) is 0.812. The summed E-state index contributed by atoms with van der Waals surface area (Å²) in [7, 11) is -5.02. The molecule has 4 unspecified atom stereocenters. The fourth-order valence-corrected chi connectivity index (χ4v) is 5.99. The molecule has 1 saturated heterocycles. The molecule has 0 saturated carbocycles. The number of hydrogen-bond acceptors (Lipinski definition) is 9. The number of hydrogen-bond donors (Lipinski definition) is 5.